The van der Waals surface area contributed by atoms with Gasteiger partial charge in [-0.1, -0.05) is 55.3 Å². The Morgan fingerprint density at radius 3 is 2.74 bits per heavy atom. The summed E-state index contributed by atoms with van der Waals surface area (Å²) in [6.07, 6.45) is 4.78. The molecular formula is C23H27FN2O. The van der Waals surface area contributed by atoms with Gasteiger partial charge < -0.3 is 10.2 Å². The van der Waals surface area contributed by atoms with E-state index < -0.39 is 0 Å². The van der Waals surface area contributed by atoms with Gasteiger partial charge in [0, 0.05) is 25.0 Å². The summed E-state index contributed by atoms with van der Waals surface area (Å²) in [5, 5.41) is 3.68. The van der Waals surface area contributed by atoms with Crippen molar-refractivity contribution in [3.05, 3.63) is 71.5 Å². The first-order chi connectivity index (χ1) is 13.2. The van der Waals surface area contributed by atoms with Crippen LogP contribution in [-0.2, 0) is 11.2 Å². The molecular weight excluding hydrogens is 339 g/mol. The molecule has 0 radical (unpaired) electrons. The zero-order chi connectivity index (χ0) is 18.6. The normalized spacial score (nSPS) is 25.5. The van der Waals surface area contributed by atoms with Crippen molar-refractivity contribution in [1.29, 1.82) is 0 Å². The van der Waals surface area contributed by atoms with E-state index in [2.05, 4.69) is 34.5 Å². The lowest BCUT2D eigenvalue weighted by Gasteiger charge is -2.38. The molecule has 4 rings (SSSR count). The Balaban J connectivity index is 1.60. The number of amides is 1. The molecule has 1 amide bonds. The fourth-order valence-corrected chi connectivity index (χ4v) is 4.71. The Morgan fingerprint density at radius 2 is 1.93 bits per heavy atom. The zero-order valence-corrected chi connectivity index (χ0v) is 15.6. The predicted octanol–water partition coefficient (Wildman–Crippen LogP) is 3.90. The van der Waals surface area contributed by atoms with Crippen LogP contribution in [0.4, 0.5) is 4.39 Å². The Bertz CT molecular complexity index is 779. The van der Waals surface area contributed by atoms with Crippen molar-refractivity contribution in [3.8, 4) is 0 Å². The minimum Gasteiger partial charge on any atom is -0.337 e. The highest BCUT2D eigenvalue weighted by molar-refractivity contribution is 5.79. The summed E-state index contributed by atoms with van der Waals surface area (Å²) in [7, 11) is 0. The van der Waals surface area contributed by atoms with Gasteiger partial charge in [-0.15, -0.1) is 0 Å². The molecule has 142 valence electrons. The average molecular weight is 366 g/mol. The fourth-order valence-electron chi connectivity index (χ4n) is 4.71. The fraction of sp³-hybridized carbons (Fsp3) is 0.435. The number of rotatable bonds is 3. The van der Waals surface area contributed by atoms with Gasteiger partial charge in [-0.25, -0.2) is 4.39 Å². The van der Waals surface area contributed by atoms with Crippen LogP contribution in [0.2, 0.25) is 0 Å². The van der Waals surface area contributed by atoms with Gasteiger partial charge >= 0.3 is 0 Å². The molecule has 0 aromatic heterocycles. The zero-order valence-electron chi connectivity index (χ0n) is 15.6. The number of nitrogens with one attached hydrogen (secondary N) is 1. The number of hydrogen-bond donors (Lipinski definition) is 1. The topological polar surface area (TPSA) is 32.3 Å². The maximum Gasteiger partial charge on any atom is 0.227 e. The van der Waals surface area contributed by atoms with E-state index in [1.54, 1.807) is 6.07 Å². The number of fused-ring (bicyclic) bond motifs is 1. The molecule has 0 saturated carbocycles. The average Bonchev–Trinajstić information content (AvgIpc) is 3.05. The Labute approximate surface area is 160 Å². The standard InChI is InChI=1S/C23H27FN2O/c24-19-11-7-8-17(14-19)15-22(27)26-13-6-2-5-12-21-23(26)20(16-25-21)18-9-3-1-4-10-18/h1,3-4,7-11,14,20-21,23,25H,2,5-6,12-13,15-16H2/t20-,21+,23-/m0/s1. The molecule has 2 heterocycles. The third-order valence-corrected chi connectivity index (χ3v) is 5.99. The molecule has 27 heavy (non-hydrogen) atoms. The van der Waals surface area contributed by atoms with Gasteiger partial charge in [0.2, 0.25) is 5.91 Å². The minimum atomic E-state index is -0.282. The summed E-state index contributed by atoms with van der Waals surface area (Å²) in [5.41, 5.74) is 2.04. The van der Waals surface area contributed by atoms with Crippen molar-refractivity contribution < 1.29 is 9.18 Å². The van der Waals surface area contributed by atoms with E-state index >= 15 is 0 Å². The van der Waals surface area contributed by atoms with Crippen LogP contribution in [0.1, 0.15) is 42.7 Å². The largest absolute Gasteiger partial charge is 0.337 e. The van der Waals surface area contributed by atoms with Crippen LogP contribution >= 0.6 is 0 Å². The number of likely N-dealkylation sites (tertiary alicyclic amines) is 1. The highest BCUT2D eigenvalue weighted by atomic mass is 19.1. The van der Waals surface area contributed by atoms with Gasteiger partial charge in [-0.3, -0.25) is 4.79 Å². The van der Waals surface area contributed by atoms with Crippen LogP contribution in [0, 0.1) is 5.82 Å². The second kappa shape index (κ2) is 8.22. The third-order valence-electron chi connectivity index (χ3n) is 5.99. The van der Waals surface area contributed by atoms with E-state index in [0.717, 1.165) is 37.9 Å². The second-order valence-corrected chi connectivity index (χ2v) is 7.77. The Kier molecular flexibility index (Phi) is 5.53. The lowest BCUT2D eigenvalue weighted by molar-refractivity contribution is -0.133. The van der Waals surface area contributed by atoms with Gasteiger partial charge in [-0.2, -0.15) is 0 Å². The number of benzene rings is 2. The number of halogens is 1. The summed E-state index contributed by atoms with van der Waals surface area (Å²) in [6.45, 7) is 1.70. The summed E-state index contributed by atoms with van der Waals surface area (Å²) >= 11 is 0. The van der Waals surface area contributed by atoms with Gasteiger partial charge in [0.25, 0.3) is 0 Å². The Morgan fingerprint density at radius 1 is 1.07 bits per heavy atom. The number of carbonyl (C=O) groups is 1. The van der Waals surface area contributed by atoms with Crippen molar-refractivity contribution in [3.63, 3.8) is 0 Å². The first-order valence-corrected chi connectivity index (χ1v) is 10.0. The quantitative estimate of drug-likeness (QED) is 0.894. The number of hydrogen-bond acceptors (Lipinski definition) is 2. The van der Waals surface area contributed by atoms with Gasteiger partial charge in [0.05, 0.1) is 12.5 Å². The lowest BCUT2D eigenvalue weighted by atomic mass is 9.86. The maximum atomic E-state index is 13.5. The van der Waals surface area contributed by atoms with E-state index in [-0.39, 0.29) is 24.2 Å². The monoisotopic (exact) mass is 366 g/mol. The van der Waals surface area contributed by atoms with Crippen LogP contribution in [0.15, 0.2) is 54.6 Å². The van der Waals surface area contributed by atoms with Crippen LogP contribution in [0.25, 0.3) is 0 Å². The van der Waals surface area contributed by atoms with Crippen molar-refractivity contribution in [2.24, 2.45) is 0 Å². The molecule has 2 aromatic carbocycles. The smallest absolute Gasteiger partial charge is 0.227 e. The van der Waals surface area contributed by atoms with E-state index in [1.165, 1.54) is 24.1 Å². The molecule has 2 aliphatic rings. The lowest BCUT2D eigenvalue weighted by Crippen LogP contribution is -2.50. The summed E-state index contributed by atoms with van der Waals surface area (Å²) in [5.74, 6) is 0.142. The maximum absolute atomic E-state index is 13.5. The van der Waals surface area contributed by atoms with Crippen molar-refractivity contribution in [2.45, 2.75) is 50.1 Å². The second-order valence-electron chi connectivity index (χ2n) is 7.77. The first kappa shape index (κ1) is 18.2. The molecule has 0 unspecified atom stereocenters. The van der Waals surface area contributed by atoms with Crippen molar-refractivity contribution in [2.75, 3.05) is 13.1 Å². The molecule has 2 aliphatic heterocycles. The molecule has 1 N–H and O–H groups in total. The van der Waals surface area contributed by atoms with Gasteiger partial charge in [-0.05, 0) is 36.1 Å². The summed E-state index contributed by atoms with van der Waals surface area (Å²) in [6, 6.07) is 17.4. The van der Waals surface area contributed by atoms with E-state index in [0.29, 0.717) is 12.0 Å². The molecule has 4 heteroatoms. The van der Waals surface area contributed by atoms with Gasteiger partial charge in [0.15, 0.2) is 0 Å². The Hall–Kier alpha value is -2.20. The van der Waals surface area contributed by atoms with Crippen LogP contribution < -0.4 is 5.32 Å². The molecule has 2 aromatic rings. The minimum absolute atomic E-state index is 0.113. The number of nitrogens with zero attached hydrogens (tertiary/aromatic N) is 1. The number of carbonyl (C=O) groups excluding carboxylic acids is 1. The summed E-state index contributed by atoms with van der Waals surface area (Å²) in [4.78, 5) is 15.3. The van der Waals surface area contributed by atoms with Crippen LogP contribution in [-0.4, -0.2) is 36.0 Å². The molecule has 0 bridgehead atoms. The van der Waals surface area contributed by atoms with E-state index in [1.807, 2.05) is 12.1 Å². The van der Waals surface area contributed by atoms with E-state index in [4.69, 9.17) is 0 Å². The molecule has 0 spiro atoms. The predicted molar refractivity (Wildman–Crippen MR) is 105 cm³/mol. The first-order valence-electron chi connectivity index (χ1n) is 10.0. The third kappa shape index (κ3) is 4.06. The van der Waals surface area contributed by atoms with E-state index in [9.17, 15) is 9.18 Å². The summed E-state index contributed by atoms with van der Waals surface area (Å²) < 4.78 is 13.5. The molecule has 3 atom stereocenters. The molecule has 0 aliphatic carbocycles. The van der Waals surface area contributed by atoms with Crippen LogP contribution in [0.3, 0.4) is 0 Å². The SMILES string of the molecule is O=C(Cc1cccc(F)c1)N1CCCCC[C@H]2NC[C@@H](c3ccccc3)[C@@H]21. The molecule has 2 fully saturated rings. The van der Waals surface area contributed by atoms with Crippen molar-refractivity contribution >= 4 is 5.91 Å². The van der Waals surface area contributed by atoms with Crippen LogP contribution in [0.5, 0.6) is 0 Å². The highest BCUT2D eigenvalue weighted by Crippen LogP contribution is 2.34. The molecule has 2 saturated heterocycles. The van der Waals surface area contributed by atoms with Gasteiger partial charge in [0.1, 0.15) is 5.82 Å². The molecule has 3 nitrogen and oxygen atoms in total. The van der Waals surface area contributed by atoms with Crippen molar-refractivity contribution in [1.82, 2.24) is 10.2 Å². The highest BCUT2D eigenvalue weighted by Gasteiger charge is 2.42.